The van der Waals surface area contributed by atoms with Crippen molar-refractivity contribution in [1.82, 2.24) is 0 Å². The number of thiophene rings is 1. The first-order valence-electron chi connectivity index (χ1n) is 9.84. The number of carbonyl (C=O) groups is 2. The molecule has 0 bridgehead atoms. The molecule has 0 unspecified atom stereocenters. The van der Waals surface area contributed by atoms with E-state index in [1.807, 2.05) is 13.0 Å². The zero-order valence-electron chi connectivity index (χ0n) is 17.7. The molecule has 0 saturated carbocycles. The Kier molecular flexibility index (Phi) is 6.44. The maximum atomic E-state index is 12.7. The van der Waals surface area contributed by atoms with Gasteiger partial charge in [-0.2, -0.15) is 0 Å². The highest BCUT2D eigenvalue weighted by molar-refractivity contribution is 7.15. The van der Waals surface area contributed by atoms with E-state index < -0.39 is 11.9 Å². The number of carbonyl (C=O) groups excluding carboxylic acids is 2. The highest BCUT2D eigenvalue weighted by atomic mass is 35.5. The minimum atomic E-state index is -0.578. The Morgan fingerprint density at radius 1 is 1.15 bits per heavy atom. The predicted octanol–water partition coefficient (Wildman–Crippen LogP) is 5.92. The molecule has 0 radical (unpaired) electrons. The van der Waals surface area contributed by atoms with Crippen molar-refractivity contribution in [2.24, 2.45) is 0 Å². The van der Waals surface area contributed by atoms with Gasteiger partial charge in [0.25, 0.3) is 0 Å². The van der Waals surface area contributed by atoms with Crippen LogP contribution in [-0.2, 0) is 9.53 Å². The number of halogens is 1. The Morgan fingerprint density at radius 2 is 1.91 bits per heavy atom. The standard InChI is InChI=1S/C25H18ClNO5S/c1-14-3-9-20-18(11-14)23(29)16(12-32-20)6-10-21(28)27-24-22(25(30)31-2)19(13-33-24)15-4-7-17(26)8-5-15/h3-13H,1-2H3,(H,27,28)/b10-6+. The fourth-order valence-electron chi connectivity index (χ4n) is 3.29. The van der Waals surface area contributed by atoms with E-state index in [1.54, 1.807) is 41.8 Å². The Bertz CT molecular complexity index is 1450. The SMILES string of the molecule is COC(=O)c1c(-c2ccc(Cl)cc2)csc1NC(=O)/C=C/c1coc2ccc(C)cc2c1=O. The van der Waals surface area contributed by atoms with Gasteiger partial charge in [0.05, 0.1) is 18.1 Å². The number of anilines is 1. The molecule has 2 aromatic heterocycles. The summed E-state index contributed by atoms with van der Waals surface area (Å²) in [5.74, 6) is -1.08. The molecule has 4 rings (SSSR count). The number of fused-ring (bicyclic) bond motifs is 1. The highest BCUT2D eigenvalue weighted by Gasteiger charge is 2.22. The quantitative estimate of drug-likeness (QED) is 0.283. The summed E-state index contributed by atoms with van der Waals surface area (Å²) in [6.07, 6.45) is 3.92. The van der Waals surface area contributed by atoms with E-state index in [-0.39, 0.29) is 16.6 Å². The maximum Gasteiger partial charge on any atom is 0.341 e. The topological polar surface area (TPSA) is 85.6 Å². The molecule has 4 aromatic rings. The summed E-state index contributed by atoms with van der Waals surface area (Å²) >= 11 is 7.15. The van der Waals surface area contributed by atoms with E-state index in [9.17, 15) is 14.4 Å². The van der Waals surface area contributed by atoms with E-state index in [1.165, 1.54) is 36.9 Å². The molecule has 166 valence electrons. The molecule has 8 heteroatoms. The van der Waals surface area contributed by atoms with Crippen molar-refractivity contribution in [2.45, 2.75) is 6.92 Å². The fourth-order valence-corrected chi connectivity index (χ4v) is 4.38. The van der Waals surface area contributed by atoms with Crippen molar-refractivity contribution < 1.29 is 18.7 Å². The molecule has 33 heavy (non-hydrogen) atoms. The van der Waals surface area contributed by atoms with Crippen LogP contribution in [0.25, 0.3) is 28.2 Å². The maximum absolute atomic E-state index is 12.7. The molecule has 2 heterocycles. The predicted molar refractivity (Wildman–Crippen MR) is 131 cm³/mol. The van der Waals surface area contributed by atoms with E-state index in [4.69, 9.17) is 20.8 Å². The monoisotopic (exact) mass is 479 g/mol. The Hall–Kier alpha value is -3.68. The summed E-state index contributed by atoms with van der Waals surface area (Å²) in [6, 6.07) is 12.3. The second kappa shape index (κ2) is 9.44. The van der Waals surface area contributed by atoms with Crippen LogP contribution in [0.4, 0.5) is 5.00 Å². The molecule has 6 nitrogen and oxygen atoms in total. The Balaban J connectivity index is 1.61. The minimum absolute atomic E-state index is 0.236. The lowest BCUT2D eigenvalue weighted by Crippen LogP contribution is -2.12. The summed E-state index contributed by atoms with van der Waals surface area (Å²) in [7, 11) is 1.28. The zero-order chi connectivity index (χ0) is 23.5. The van der Waals surface area contributed by atoms with Crippen molar-refractivity contribution >= 4 is 56.9 Å². The molecule has 0 saturated heterocycles. The molecule has 1 amide bonds. The number of hydrogen-bond donors (Lipinski definition) is 1. The number of ether oxygens (including phenoxy) is 1. The van der Waals surface area contributed by atoms with Gasteiger partial charge in [-0.25, -0.2) is 4.79 Å². The molecule has 0 spiro atoms. The van der Waals surface area contributed by atoms with Crippen LogP contribution in [0, 0.1) is 6.92 Å². The molecular weight excluding hydrogens is 462 g/mol. The number of esters is 1. The van der Waals surface area contributed by atoms with Crippen molar-refractivity contribution in [3.63, 3.8) is 0 Å². The van der Waals surface area contributed by atoms with Crippen LogP contribution < -0.4 is 10.7 Å². The van der Waals surface area contributed by atoms with Crippen LogP contribution in [0.15, 0.2) is 69.4 Å². The lowest BCUT2D eigenvalue weighted by molar-refractivity contribution is -0.111. The fraction of sp³-hybridized carbons (Fsp3) is 0.0800. The lowest BCUT2D eigenvalue weighted by atomic mass is 10.0. The number of methoxy groups -OCH3 is 1. The van der Waals surface area contributed by atoms with Crippen LogP contribution in [-0.4, -0.2) is 19.0 Å². The smallest absolute Gasteiger partial charge is 0.341 e. The number of hydrogen-bond acceptors (Lipinski definition) is 6. The number of nitrogens with one attached hydrogen (secondary N) is 1. The Morgan fingerprint density at radius 3 is 2.64 bits per heavy atom. The summed E-state index contributed by atoms with van der Waals surface area (Å²) in [4.78, 5) is 37.7. The molecular formula is C25H18ClNO5S. The van der Waals surface area contributed by atoms with Gasteiger partial charge >= 0.3 is 5.97 Å². The molecule has 0 fully saturated rings. The molecule has 0 atom stereocenters. The van der Waals surface area contributed by atoms with Gasteiger partial charge in [0.2, 0.25) is 5.91 Å². The van der Waals surface area contributed by atoms with E-state index >= 15 is 0 Å². The summed E-state index contributed by atoms with van der Waals surface area (Å²) in [5, 5.41) is 5.80. The summed E-state index contributed by atoms with van der Waals surface area (Å²) in [6.45, 7) is 1.88. The Labute approximate surface area is 198 Å². The average molecular weight is 480 g/mol. The third kappa shape index (κ3) is 4.74. The molecule has 0 aliphatic rings. The van der Waals surface area contributed by atoms with Crippen LogP contribution in [0.3, 0.4) is 0 Å². The van der Waals surface area contributed by atoms with Gasteiger partial charge in [0.15, 0.2) is 5.43 Å². The first-order chi connectivity index (χ1) is 15.9. The van der Waals surface area contributed by atoms with Crippen molar-refractivity contribution in [1.29, 1.82) is 0 Å². The number of aryl methyl sites for hydroxylation is 1. The lowest BCUT2D eigenvalue weighted by Gasteiger charge is -2.07. The van der Waals surface area contributed by atoms with Gasteiger partial charge in [-0.05, 0) is 42.8 Å². The minimum Gasteiger partial charge on any atom is -0.465 e. The van der Waals surface area contributed by atoms with Gasteiger partial charge in [-0.3, -0.25) is 9.59 Å². The van der Waals surface area contributed by atoms with Crippen LogP contribution in [0.5, 0.6) is 0 Å². The van der Waals surface area contributed by atoms with Crippen LogP contribution in [0.1, 0.15) is 21.5 Å². The van der Waals surface area contributed by atoms with Crippen LogP contribution in [0.2, 0.25) is 5.02 Å². The zero-order valence-corrected chi connectivity index (χ0v) is 19.3. The number of amides is 1. The molecule has 2 aromatic carbocycles. The van der Waals surface area contributed by atoms with E-state index in [2.05, 4.69) is 5.32 Å². The first-order valence-corrected chi connectivity index (χ1v) is 11.1. The summed E-state index contributed by atoms with van der Waals surface area (Å²) in [5.41, 5.74) is 3.03. The average Bonchev–Trinajstić information content (AvgIpc) is 3.22. The normalized spacial score (nSPS) is 11.1. The molecule has 0 aliphatic heterocycles. The second-order valence-corrected chi connectivity index (χ2v) is 8.51. The number of benzene rings is 2. The third-order valence-electron chi connectivity index (χ3n) is 4.94. The second-order valence-electron chi connectivity index (χ2n) is 7.19. The van der Waals surface area contributed by atoms with Gasteiger partial charge in [0.1, 0.15) is 22.4 Å². The van der Waals surface area contributed by atoms with E-state index in [0.717, 1.165) is 11.1 Å². The molecule has 0 aliphatic carbocycles. The first kappa shape index (κ1) is 22.5. The van der Waals surface area contributed by atoms with Gasteiger partial charge in [-0.15, -0.1) is 11.3 Å². The third-order valence-corrected chi connectivity index (χ3v) is 6.09. The van der Waals surface area contributed by atoms with Gasteiger partial charge in [-0.1, -0.05) is 35.4 Å². The largest absolute Gasteiger partial charge is 0.465 e. The van der Waals surface area contributed by atoms with E-state index in [0.29, 0.717) is 26.6 Å². The van der Waals surface area contributed by atoms with Crippen molar-refractivity contribution in [3.8, 4) is 11.1 Å². The van der Waals surface area contributed by atoms with Crippen LogP contribution >= 0.6 is 22.9 Å². The highest BCUT2D eigenvalue weighted by Crippen LogP contribution is 2.36. The van der Waals surface area contributed by atoms with Crippen molar-refractivity contribution in [2.75, 3.05) is 12.4 Å². The number of rotatable bonds is 5. The summed E-state index contributed by atoms with van der Waals surface area (Å²) < 4.78 is 10.4. The van der Waals surface area contributed by atoms with Gasteiger partial charge < -0.3 is 14.5 Å². The van der Waals surface area contributed by atoms with Gasteiger partial charge in [0, 0.05) is 22.0 Å². The van der Waals surface area contributed by atoms with Crippen molar-refractivity contribution in [3.05, 3.63) is 92.1 Å². The molecule has 1 N–H and O–H groups in total.